The highest BCUT2D eigenvalue weighted by Crippen LogP contribution is 2.23. The first-order valence-corrected chi connectivity index (χ1v) is 8.22. The predicted molar refractivity (Wildman–Crippen MR) is 98.5 cm³/mol. The molecule has 5 heteroatoms. The Kier molecular flexibility index (Phi) is 4.27. The normalized spacial score (nSPS) is 10.8. The largest absolute Gasteiger partial charge is 0.497 e. The van der Waals surface area contributed by atoms with Gasteiger partial charge in [0.1, 0.15) is 23.4 Å². The van der Waals surface area contributed by atoms with Crippen molar-refractivity contribution < 1.29 is 9.13 Å². The van der Waals surface area contributed by atoms with Crippen molar-refractivity contribution in [2.75, 3.05) is 7.11 Å². The van der Waals surface area contributed by atoms with Crippen LogP contribution in [0.4, 0.5) is 4.39 Å². The number of hydrogen-bond acceptors (Lipinski definition) is 4. The molecule has 4 aromatic rings. The zero-order chi connectivity index (χ0) is 17.9. The third-order valence-corrected chi connectivity index (χ3v) is 4.23. The molecule has 4 rings (SSSR count). The van der Waals surface area contributed by atoms with Crippen LogP contribution < -0.4 is 4.74 Å². The third kappa shape index (κ3) is 3.24. The van der Waals surface area contributed by atoms with E-state index in [2.05, 4.69) is 9.97 Å². The second-order valence-corrected chi connectivity index (χ2v) is 5.92. The molecule has 0 radical (unpaired) electrons. The van der Waals surface area contributed by atoms with Crippen LogP contribution in [0.2, 0.25) is 0 Å². The number of hydrogen-bond donors (Lipinski definition) is 0. The molecular formula is C21H16FN3O. The van der Waals surface area contributed by atoms with Crippen LogP contribution in [-0.2, 0) is 6.42 Å². The topological polar surface area (TPSA) is 47.9 Å². The fourth-order valence-electron chi connectivity index (χ4n) is 2.84. The zero-order valence-electron chi connectivity index (χ0n) is 14.2. The summed E-state index contributed by atoms with van der Waals surface area (Å²) in [5, 5.41) is 0. The van der Waals surface area contributed by atoms with Crippen LogP contribution in [0.1, 0.15) is 11.3 Å². The number of halogens is 1. The van der Waals surface area contributed by atoms with Crippen LogP contribution in [0.25, 0.3) is 22.3 Å². The Morgan fingerprint density at radius 2 is 1.65 bits per heavy atom. The van der Waals surface area contributed by atoms with Gasteiger partial charge in [-0.3, -0.25) is 0 Å². The lowest BCUT2D eigenvalue weighted by molar-refractivity contribution is 0.414. The molecule has 0 aliphatic heterocycles. The Hall–Kier alpha value is -3.34. The van der Waals surface area contributed by atoms with Crippen molar-refractivity contribution >= 4 is 11.0 Å². The summed E-state index contributed by atoms with van der Waals surface area (Å²) in [6, 6.07) is 18.0. The summed E-state index contributed by atoms with van der Waals surface area (Å²) >= 11 is 0. The number of fused-ring (bicyclic) bond motifs is 1. The smallest absolute Gasteiger partial charge is 0.123 e. The summed E-state index contributed by atoms with van der Waals surface area (Å²) in [7, 11) is 1.65. The average Bonchev–Trinajstić information content (AvgIpc) is 2.69. The first-order valence-electron chi connectivity index (χ1n) is 8.22. The SMILES string of the molecule is COc1ccc(Cc2ncnc3ccc(-c4ccc(F)cc4)nc23)cc1. The van der Waals surface area contributed by atoms with Crippen molar-refractivity contribution in [3.05, 3.63) is 84.1 Å². The summed E-state index contributed by atoms with van der Waals surface area (Å²) in [4.78, 5) is 13.5. The van der Waals surface area contributed by atoms with Crippen LogP contribution in [-0.4, -0.2) is 22.1 Å². The highest BCUT2D eigenvalue weighted by atomic mass is 19.1. The van der Waals surface area contributed by atoms with Crippen molar-refractivity contribution in [3.8, 4) is 17.0 Å². The number of rotatable bonds is 4. The molecule has 128 valence electrons. The first-order chi connectivity index (χ1) is 12.7. The van der Waals surface area contributed by atoms with Crippen LogP contribution in [0.3, 0.4) is 0 Å². The van der Waals surface area contributed by atoms with E-state index in [1.54, 1.807) is 25.6 Å². The summed E-state index contributed by atoms with van der Waals surface area (Å²) < 4.78 is 18.4. The lowest BCUT2D eigenvalue weighted by Gasteiger charge is -2.08. The molecule has 2 aromatic heterocycles. The zero-order valence-corrected chi connectivity index (χ0v) is 14.2. The van der Waals surface area contributed by atoms with Gasteiger partial charge < -0.3 is 4.74 Å². The highest BCUT2D eigenvalue weighted by molar-refractivity contribution is 5.80. The fourth-order valence-corrected chi connectivity index (χ4v) is 2.84. The predicted octanol–water partition coefficient (Wildman–Crippen LogP) is 4.43. The van der Waals surface area contributed by atoms with Crippen molar-refractivity contribution in [2.24, 2.45) is 0 Å². The van der Waals surface area contributed by atoms with E-state index in [-0.39, 0.29) is 5.82 Å². The molecule has 0 bridgehead atoms. The second-order valence-electron chi connectivity index (χ2n) is 5.92. The van der Waals surface area contributed by atoms with E-state index in [4.69, 9.17) is 9.72 Å². The summed E-state index contributed by atoms with van der Waals surface area (Å²) in [5.74, 6) is 0.552. The standard InChI is InChI=1S/C21H16FN3O/c1-26-17-8-2-14(3-9-17)12-20-21-19(23-13-24-20)11-10-18(25-21)15-4-6-16(22)7-5-15/h2-11,13H,12H2,1H3. The van der Waals surface area contributed by atoms with Gasteiger partial charge in [0.15, 0.2) is 0 Å². The number of aromatic nitrogens is 3. The molecule has 2 heterocycles. The van der Waals surface area contributed by atoms with E-state index >= 15 is 0 Å². The van der Waals surface area contributed by atoms with Crippen molar-refractivity contribution in [3.63, 3.8) is 0 Å². The minimum absolute atomic E-state index is 0.266. The Labute approximate surface area is 150 Å². The van der Waals surface area contributed by atoms with Gasteiger partial charge >= 0.3 is 0 Å². The Balaban J connectivity index is 1.74. The Morgan fingerprint density at radius 1 is 0.885 bits per heavy atom. The van der Waals surface area contributed by atoms with Gasteiger partial charge in [-0.05, 0) is 54.1 Å². The van der Waals surface area contributed by atoms with Crippen molar-refractivity contribution in [1.29, 1.82) is 0 Å². The van der Waals surface area contributed by atoms with Gasteiger partial charge in [0.05, 0.1) is 24.0 Å². The quantitative estimate of drug-likeness (QED) is 0.549. The lowest BCUT2D eigenvalue weighted by Crippen LogP contribution is -1.98. The molecule has 26 heavy (non-hydrogen) atoms. The maximum Gasteiger partial charge on any atom is 0.123 e. The first kappa shape index (κ1) is 16.1. The minimum atomic E-state index is -0.266. The van der Waals surface area contributed by atoms with E-state index in [9.17, 15) is 4.39 Å². The highest BCUT2D eigenvalue weighted by Gasteiger charge is 2.09. The van der Waals surface area contributed by atoms with Crippen LogP contribution in [0, 0.1) is 5.82 Å². The van der Waals surface area contributed by atoms with Crippen molar-refractivity contribution in [1.82, 2.24) is 15.0 Å². The molecule has 0 fully saturated rings. The summed E-state index contributed by atoms with van der Waals surface area (Å²) in [5.41, 5.74) is 5.12. The Morgan fingerprint density at radius 3 is 2.38 bits per heavy atom. The van der Waals surface area contributed by atoms with Gasteiger partial charge in [-0.15, -0.1) is 0 Å². The lowest BCUT2D eigenvalue weighted by atomic mass is 10.1. The summed E-state index contributed by atoms with van der Waals surface area (Å²) in [6.07, 6.45) is 2.20. The molecule has 0 aliphatic rings. The van der Waals surface area contributed by atoms with E-state index in [1.165, 1.54) is 12.1 Å². The van der Waals surface area contributed by atoms with Crippen molar-refractivity contribution in [2.45, 2.75) is 6.42 Å². The Bertz CT molecular complexity index is 1050. The maximum atomic E-state index is 13.2. The molecular weight excluding hydrogens is 329 g/mol. The van der Waals surface area contributed by atoms with Gasteiger partial charge in [-0.1, -0.05) is 12.1 Å². The van der Waals surface area contributed by atoms with E-state index in [0.717, 1.165) is 39.3 Å². The summed E-state index contributed by atoms with van der Waals surface area (Å²) in [6.45, 7) is 0. The van der Waals surface area contributed by atoms with Gasteiger partial charge in [-0.2, -0.15) is 0 Å². The number of pyridine rings is 1. The number of methoxy groups -OCH3 is 1. The van der Waals surface area contributed by atoms with Crippen LogP contribution in [0.5, 0.6) is 5.75 Å². The van der Waals surface area contributed by atoms with Crippen LogP contribution in [0.15, 0.2) is 67.0 Å². The molecule has 0 N–H and O–H groups in total. The van der Waals surface area contributed by atoms with E-state index in [1.807, 2.05) is 36.4 Å². The van der Waals surface area contributed by atoms with Crippen LogP contribution >= 0.6 is 0 Å². The van der Waals surface area contributed by atoms with Gasteiger partial charge in [0.25, 0.3) is 0 Å². The number of ether oxygens (including phenoxy) is 1. The molecule has 0 amide bonds. The molecule has 0 aliphatic carbocycles. The molecule has 0 atom stereocenters. The van der Waals surface area contributed by atoms with Gasteiger partial charge in [-0.25, -0.2) is 19.3 Å². The molecule has 0 saturated carbocycles. The van der Waals surface area contributed by atoms with E-state index in [0.29, 0.717) is 6.42 Å². The maximum absolute atomic E-state index is 13.2. The third-order valence-electron chi connectivity index (χ3n) is 4.23. The van der Waals surface area contributed by atoms with E-state index < -0.39 is 0 Å². The molecule has 0 unspecified atom stereocenters. The van der Waals surface area contributed by atoms with Gasteiger partial charge in [0.2, 0.25) is 0 Å². The monoisotopic (exact) mass is 345 g/mol. The number of benzene rings is 2. The molecule has 0 spiro atoms. The molecule has 4 nitrogen and oxygen atoms in total. The average molecular weight is 345 g/mol. The second kappa shape index (κ2) is 6.88. The molecule has 0 saturated heterocycles. The fraction of sp³-hybridized carbons (Fsp3) is 0.0952. The molecule has 2 aromatic carbocycles. The number of nitrogens with zero attached hydrogens (tertiary/aromatic N) is 3. The minimum Gasteiger partial charge on any atom is -0.497 e. The van der Waals surface area contributed by atoms with Gasteiger partial charge in [0, 0.05) is 12.0 Å².